The van der Waals surface area contributed by atoms with Crippen LogP contribution in [0, 0.1) is 5.82 Å². The number of urea groups is 1. The van der Waals surface area contributed by atoms with E-state index in [0.29, 0.717) is 11.4 Å². The van der Waals surface area contributed by atoms with Crippen molar-refractivity contribution in [1.29, 1.82) is 0 Å². The van der Waals surface area contributed by atoms with Crippen LogP contribution in [0.5, 0.6) is 0 Å². The average Bonchev–Trinajstić information content (AvgIpc) is 2.77. The molecule has 1 aliphatic rings. The van der Waals surface area contributed by atoms with Crippen molar-refractivity contribution in [2.75, 3.05) is 11.9 Å². The maximum absolute atomic E-state index is 13.4. The minimum Gasteiger partial charge on any atom is -0.376 e. The molecule has 0 bridgehead atoms. The fraction of sp³-hybridized carbons (Fsp3) is 0.333. The maximum atomic E-state index is 13.4. The van der Waals surface area contributed by atoms with Gasteiger partial charge in [-0.3, -0.25) is 19.8 Å². The van der Waals surface area contributed by atoms with Crippen molar-refractivity contribution in [3.05, 3.63) is 29.6 Å². The molecular weight excluding hydrogens is 333 g/mol. The van der Waals surface area contributed by atoms with E-state index in [0.717, 1.165) is 12.1 Å². The highest BCUT2D eigenvalue weighted by molar-refractivity contribution is 6.07. The van der Waals surface area contributed by atoms with E-state index in [4.69, 9.17) is 5.73 Å². The summed E-state index contributed by atoms with van der Waals surface area (Å²) in [5.41, 5.74) is 6.13. The fourth-order valence-corrected chi connectivity index (χ4v) is 2.20. The summed E-state index contributed by atoms with van der Waals surface area (Å²) in [5, 5.41) is 5.76. The number of imide groups is 1. The molecule has 0 radical (unpaired) electrons. The zero-order valence-corrected chi connectivity index (χ0v) is 13.7. The number of carbonyl (C=O) groups excluding carboxylic acids is 4. The van der Waals surface area contributed by atoms with Crippen LogP contribution in [0.4, 0.5) is 14.9 Å². The zero-order valence-electron chi connectivity index (χ0n) is 13.7. The Labute approximate surface area is 142 Å². The van der Waals surface area contributed by atoms with Crippen LogP contribution in [-0.4, -0.2) is 40.8 Å². The normalized spacial score (nSPS) is 19.6. The van der Waals surface area contributed by atoms with Gasteiger partial charge in [0.1, 0.15) is 11.4 Å². The van der Waals surface area contributed by atoms with E-state index in [-0.39, 0.29) is 17.8 Å². The van der Waals surface area contributed by atoms with Crippen molar-refractivity contribution in [1.82, 2.24) is 15.8 Å². The molecule has 1 saturated heterocycles. The number of nitrogens with two attached hydrogens (primary N) is 1. The molecule has 0 aromatic heterocycles. The Morgan fingerprint density at radius 2 is 2.04 bits per heavy atom. The number of rotatable bonds is 6. The molecule has 1 aromatic carbocycles. The molecule has 5 N–H and O–H groups in total. The second kappa shape index (κ2) is 6.75. The Kier molecular flexibility index (Phi) is 4.91. The second-order valence-corrected chi connectivity index (χ2v) is 5.70. The molecule has 0 spiro atoms. The van der Waals surface area contributed by atoms with Gasteiger partial charge in [0.05, 0.1) is 12.1 Å². The third-order valence-corrected chi connectivity index (χ3v) is 3.89. The number of hydrazine groups is 1. The van der Waals surface area contributed by atoms with E-state index < -0.39 is 35.1 Å². The first kappa shape index (κ1) is 18.2. The lowest BCUT2D eigenvalue weighted by Crippen LogP contribution is -2.50. The van der Waals surface area contributed by atoms with Gasteiger partial charge in [-0.25, -0.2) is 9.18 Å². The van der Waals surface area contributed by atoms with Crippen molar-refractivity contribution in [3.8, 4) is 0 Å². The molecule has 10 heteroatoms. The van der Waals surface area contributed by atoms with Gasteiger partial charge in [0, 0.05) is 5.69 Å². The number of nitrogens with zero attached hydrogens (tertiary/aromatic N) is 1. The number of primary amides is 1. The van der Waals surface area contributed by atoms with Crippen LogP contribution in [0.15, 0.2) is 18.2 Å². The molecule has 1 aliphatic heterocycles. The average molecular weight is 351 g/mol. The summed E-state index contributed by atoms with van der Waals surface area (Å²) in [6.45, 7) is 2.97. The Hall–Kier alpha value is -3.17. The van der Waals surface area contributed by atoms with Crippen LogP contribution in [0.25, 0.3) is 0 Å². The predicted molar refractivity (Wildman–Crippen MR) is 85.6 cm³/mol. The number of benzene rings is 1. The molecule has 2 rings (SSSR count). The van der Waals surface area contributed by atoms with E-state index in [1.165, 1.54) is 6.07 Å². The molecule has 0 saturated carbocycles. The number of nitrogens with one attached hydrogen (secondary N) is 3. The monoisotopic (exact) mass is 351 g/mol. The summed E-state index contributed by atoms with van der Waals surface area (Å²) in [7, 11) is 0. The van der Waals surface area contributed by atoms with E-state index in [1.807, 2.05) is 0 Å². The molecule has 1 heterocycles. The van der Waals surface area contributed by atoms with Gasteiger partial charge in [-0.15, -0.1) is 0 Å². The molecule has 1 unspecified atom stereocenters. The number of hydrogen-bond donors (Lipinski definition) is 4. The third-order valence-electron chi connectivity index (χ3n) is 3.89. The predicted octanol–water partition coefficient (Wildman–Crippen LogP) is 0.0882. The smallest absolute Gasteiger partial charge is 0.344 e. The highest BCUT2D eigenvalue weighted by atomic mass is 19.1. The Bertz CT molecular complexity index is 753. The number of carbonyl (C=O) groups is 4. The van der Waals surface area contributed by atoms with Crippen LogP contribution in [0.3, 0.4) is 0 Å². The summed E-state index contributed by atoms with van der Waals surface area (Å²) in [4.78, 5) is 47.0. The van der Waals surface area contributed by atoms with Gasteiger partial charge in [0.25, 0.3) is 17.7 Å². The van der Waals surface area contributed by atoms with E-state index in [9.17, 15) is 23.6 Å². The molecule has 134 valence electrons. The lowest BCUT2D eigenvalue weighted by Gasteiger charge is -2.19. The number of hydrogen-bond acceptors (Lipinski definition) is 5. The standard InChI is InChI=1S/C15H18FN5O4/c1-3-15(2)13(24)21(14(25)19-15)20-11(22)7-18-8-4-5-10(16)9(6-8)12(17)23/h4-6,18H,3,7H2,1-2H3,(H2,17,23)(H,19,25)(H,20,22). The quantitative estimate of drug-likeness (QED) is 0.539. The zero-order chi connectivity index (χ0) is 18.8. The highest BCUT2D eigenvalue weighted by Gasteiger charge is 2.47. The topological polar surface area (TPSA) is 134 Å². The summed E-state index contributed by atoms with van der Waals surface area (Å²) < 4.78 is 13.4. The van der Waals surface area contributed by atoms with Crippen molar-refractivity contribution >= 4 is 29.4 Å². The molecule has 1 aromatic rings. The molecule has 9 nitrogen and oxygen atoms in total. The summed E-state index contributed by atoms with van der Waals surface area (Å²) in [5.74, 6) is -2.95. The Morgan fingerprint density at radius 1 is 1.36 bits per heavy atom. The molecule has 5 amide bonds. The number of halogens is 1. The minimum atomic E-state index is -1.06. The van der Waals surface area contributed by atoms with E-state index in [2.05, 4.69) is 16.1 Å². The number of anilines is 1. The van der Waals surface area contributed by atoms with Crippen molar-refractivity contribution < 1.29 is 23.6 Å². The summed E-state index contributed by atoms with van der Waals surface area (Å²) in [6.07, 6.45) is 0.369. The first-order chi connectivity index (χ1) is 11.7. The van der Waals surface area contributed by atoms with Crippen molar-refractivity contribution in [2.24, 2.45) is 5.73 Å². The lowest BCUT2D eigenvalue weighted by atomic mass is 10.00. The molecule has 0 aliphatic carbocycles. The fourth-order valence-electron chi connectivity index (χ4n) is 2.20. The Balaban J connectivity index is 1.98. The van der Waals surface area contributed by atoms with Gasteiger partial charge in [-0.05, 0) is 31.5 Å². The lowest BCUT2D eigenvalue weighted by molar-refractivity contribution is -0.138. The van der Waals surface area contributed by atoms with E-state index >= 15 is 0 Å². The molecular formula is C15H18FN5O4. The largest absolute Gasteiger partial charge is 0.376 e. The van der Waals surface area contributed by atoms with Crippen molar-refractivity contribution in [2.45, 2.75) is 25.8 Å². The van der Waals surface area contributed by atoms with Gasteiger partial charge in [-0.1, -0.05) is 6.92 Å². The van der Waals surface area contributed by atoms with Crippen LogP contribution >= 0.6 is 0 Å². The van der Waals surface area contributed by atoms with Gasteiger partial charge < -0.3 is 16.4 Å². The summed E-state index contributed by atoms with van der Waals surface area (Å²) >= 11 is 0. The van der Waals surface area contributed by atoms with Gasteiger partial charge in [0.15, 0.2) is 0 Å². The van der Waals surface area contributed by atoms with Crippen LogP contribution in [0.2, 0.25) is 0 Å². The van der Waals surface area contributed by atoms with Gasteiger partial charge in [-0.2, -0.15) is 5.01 Å². The minimum absolute atomic E-state index is 0.279. The molecule has 1 atom stereocenters. The van der Waals surface area contributed by atoms with Gasteiger partial charge in [0.2, 0.25) is 0 Å². The van der Waals surface area contributed by atoms with Crippen LogP contribution < -0.4 is 21.8 Å². The molecule has 25 heavy (non-hydrogen) atoms. The maximum Gasteiger partial charge on any atom is 0.344 e. The summed E-state index contributed by atoms with van der Waals surface area (Å²) in [6, 6.07) is 2.79. The van der Waals surface area contributed by atoms with Gasteiger partial charge >= 0.3 is 6.03 Å². The first-order valence-corrected chi connectivity index (χ1v) is 7.47. The van der Waals surface area contributed by atoms with Crippen molar-refractivity contribution in [3.63, 3.8) is 0 Å². The van der Waals surface area contributed by atoms with Crippen LogP contribution in [0.1, 0.15) is 30.6 Å². The second-order valence-electron chi connectivity index (χ2n) is 5.70. The van der Waals surface area contributed by atoms with Crippen LogP contribution in [-0.2, 0) is 9.59 Å². The molecule has 1 fully saturated rings. The first-order valence-electron chi connectivity index (χ1n) is 7.47. The third kappa shape index (κ3) is 3.67. The van der Waals surface area contributed by atoms with E-state index in [1.54, 1.807) is 13.8 Å². The Morgan fingerprint density at radius 3 is 2.60 bits per heavy atom. The SMILES string of the molecule is CCC1(C)NC(=O)N(NC(=O)CNc2ccc(F)c(C(N)=O)c2)C1=O. The highest BCUT2D eigenvalue weighted by Crippen LogP contribution is 2.19. The number of amides is 5.